The Morgan fingerprint density at radius 2 is 1.77 bits per heavy atom. The molecule has 0 fully saturated rings. The number of ether oxygens (including phenoxy) is 1. The van der Waals surface area contributed by atoms with Crippen molar-refractivity contribution in [1.29, 1.82) is 0 Å². The van der Waals surface area contributed by atoms with E-state index in [2.05, 4.69) is 15.6 Å². The number of likely N-dealkylation sites (N-methyl/N-ethyl adjacent to an activating group) is 1. The zero-order chi connectivity index (χ0) is 30.4. The molecule has 3 amide bonds. The second-order valence-corrected chi connectivity index (χ2v) is 10.3. The third-order valence-corrected chi connectivity index (χ3v) is 7.57. The van der Waals surface area contributed by atoms with Crippen LogP contribution in [-0.4, -0.2) is 47.2 Å². The molecule has 0 bridgehead atoms. The minimum Gasteiger partial charge on any atom is -0.485 e. The van der Waals surface area contributed by atoms with Gasteiger partial charge in [-0.05, 0) is 61.9 Å². The van der Waals surface area contributed by atoms with Gasteiger partial charge in [0.2, 0.25) is 11.8 Å². The van der Waals surface area contributed by atoms with Gasteiger partial charge in [0.25, 0.3) is 5.91 Å². The van der Waals surface area contributed by atoms with Gasteiger partial charge < -0.3 is 20.3 Å². The van der Waals surface area contributed by atoms with E-state index in [1.165, 1.54) is 11.0 Å². The van der Waals surface area contributed by atoms with Crippen LogP contribution in [0.25, 0.3) is 11.7 Å². The molecule has 0 aliphatic carbocycles. The molecule has 4 rings (SSSR count). The molecule has 0 unspecified atom stereocenters. The van der Waals surface area contributed by atoms with Crippen LogP contribution in [0.15, 0.2) is 60.8 Å². The van der Waals surface area contributed by atoms with Crippen molar-refractivity contribution in [3.05, 3.63) is 98.4 Å². The Balaban J connectivity index is 0.00000506. The van der Waals surface area contributed by atoms with Crippen LogP contribution in [0.4, 0.5) is 5.69 Å². The topological polar surface area (TPSA) is 105 Å². The second kappa shape index (κ2) is 15.1. The molecule has 2 heterocycles. The molecule has 226 valence electrons. The Kier molecular flexibility index (Phi) is 11.9. The molecule has 0 aliphatic rings. The summed E-state index contributed by atoms with van der Waals surface area (Å²) < 4.78 is 7.72. The number of hydrogen-bond donors (Lipinski definition) is 2. The summed E-state index contributed by atoms with van der Waals surface area (Å²) in [5.41, 5.74) is 3.36. The van der Waals surface area contributed by atoms with Crippen molar-refractivity contribution in [2.75, 3.05) is 25.0 Å². The number of carbonyl (C=O) groups excluding carboxylic acids is 3. The number of anilines is 1. The van der Waals surface area contributed by atoms with E-state index in [0.29, 0.717) is 50.6 Å². The first kappa shape index (κ1) is 33.7. The highest BCUT2D eigenvalue weighted by atomic mass is 35.5. The number of imidazole rings is 1. The lowest BCUT2D eigenvalue weighted by molar-refractivity contribution is -0.122. The minimum atomic E-state index is -0.454. The van der Waals surface area contributed by atoms with Gasteiger partial charge in [-0.25, -0.2) is 4.98 Å². The molecule has 0 spiro atoms. The molecule has 43 heavy (non-hydrogen) atoms. The van der Waals surface area contributed by atoms with Gasteiger partial charge in [0.05, 0.1) is 22.9 Å². The van der Waals surface area contributed by atoms with Gasteiger partial charge in [-0.3, -0.25) is 18.8 Å². The lowest BCUT2D eigenvalue weighted by atomic mass is 10.1. The van der Waals surface area contributed by atoms with E-state index in [1.807, 2.05) is 6.92 Å². The number of benzene rings is 2. The fourth-order valence-electron chi connectivity index (χ4n) is 4.02. The molecule has 9 nitrogen and oxygen atoms in total. The molecule has 2 N–H and O–H groups in total. The monoisotopic (exact) mass is 663 g/mol. The first-order chi connectivity index (χ1) is 20.1. The Labute approximate surface area is 270 Å². The molecule has 0 saturated carbocycles. The molecule has 13 heteroatoms. The van der Waals surface area contributed by atoms with Crippen LogP contribution in [0, 0.1) is 6.92 Å². The number of halogens is 4. The Bertz CT molecular complexity index is 1670. The van der Waals surface area contributed by atoms with Crippen LogP contribution in [0.2, 0.25) is 15.2 Å². The summed E-state index contributed by atoms with van der Waals surface area (Å²) in [4.78, 5) is 42.9. The first-order valence-electron chi connectivity index (χ1n) is 12.9. The minimum absolute atomic E-state index is 0. The standard InChI is InChI=1S/C30H28Cl3N5O4.ClH/c1-4-34-30(41)20-10-7-19(8-11-20)9-14-25(39)35-16-26(40)37(3)23-13-12-22(31)21(27(23)32)17-42-24-6-5-15-38-28(33)18(2)36-29(24)38;/h5-15H,4,16-17H2,1-3H3,(H,34,41)(H,35,39);1H. The Hall–Kier alpha value is -3.76. The lowest BCUT2D eigenvalue weighted by Crippen LogP contribution is -2.37. The molecular formula is C30H29Cl4N5O4. The van der Waals surface area contributed by atoms with Gasteiger partial charge in [0, 0.05) is 42.0 Å². The van der Waals surface area contributed by atoms with Gasteiger partial charge >= 0.3 is 0 Å². The molecule has 0 radical (unpaired) electrons. The summed E-state index contributed by atoms with van der Waals surface area (Å²) in [5.74, 6) is -0.528. The second-order valence-electron chi connectivity index (χ2n) is 9.19. The van der Waals surface area contributed by atoms with Gasteiger partial charge in [-0.15, -0.1) is 12.4 Å². The number of carbonyl (C=O) groups is 3. The average Bonchev–Trinajstić information content (AvgIpc) is 3.28. The van der Waals surface area contributed by atoms with Gasteiger partial charge in [-0.2, -0.15) is 0 Å². The number of hydrogen-bond acceptors (Lipinski definition) is 5. The van der Waals surface area contributed by atoms with E-state index in [4.69, 9.17) is 39.5 Å². The molecule has 2 aromatic carbocycles. The van der Waals surface area contributed by atoms with Crippen LogP contribution < -0.4 is 20.3 Å². The highest BCUT2D eigenvalue weighted by Gasteiger charge is 2.20. The summed E-state index contributed by atoms with van der Waals surface area (Å²) in [6.07, 6.45) is 4.69. The van der Waals surface area contributed by atoms with Crippen LogP contribution in [-0.2, 0) is 16.2 Å². The summed E-state index contributed by atoms with van der Waals surface area (Å²) >= 11 is 19.4. The largest absolute Gasteiger partial charge is 0.485 e. The number of aryl methyl sites for hydroxylation is 1. The van der Waals surface area contributed by atoms with E-state index >= 15 is 0 Å². The van der Waals surface area contributed by atoms with Crippen molar-refractivity contribution < 1.29 is 19.1 Å². The third-order valence-electron chi connectivity index (χ3n) is 6.34. The third kappa shape index (κ3) is 8.00. The van der Waals surface area contributed by atoms with Gasteiger partial charge in [-0.1, -0.05) is 46.9 Å². The molecule has 2 aromatic heterocycles. The number of amides is 3. The van der Waals surface area contributed by atoms with Crippen molar-refractivity contribution in [2.45, 2.75) is 20.5 Å². The lowest BCUT2D eigenvalue weighted by Gasteiger charge is -2.21. The summed E-state index contributed by atoms with van der Waals surface area (Å²) in [5, 5.41) is 6.39. The number of pyridine rings is 1. The fraction of sp³-hybridized carbons (Fsp3) is 0.200. The molecule has 4 aromatic rings. The smallest absolute Gasteiger partial charge is 0.251 e. The summed E-state index contributed by atoms with van der Waals surface area (Å²) in [6.45, 7) is 3.94. The quantitative estimate of drug-likeness (QED) is 0.198. The summed E-state index contributed by atoms with van der Waals surface area (Å²) in [6, 6.07) is 13.6. The number of fused-ring (bicyclic) bond motifs is 1. The van der Waals surface area contributed by atoms with Crippen molar-refractivity contribution in [1.82, 2.24) is 20.0 Å². The molecule has 0 saturated heterocycles. The van der Waals surface area contributed by atoms with Crippen molar-refractivity contribution in [3.63, 3.8) is 0 Å². The van der Waals surface area contributed by atoms with Crippen molar-refractivity contribution in [3.8, 4) is 5.75 Å². The number of rotatable bonds is 10. The van der Waals surface area contributed by atoms with Crippen LogP contribution in [0.1, 0.15) is 34.1 Å². The summed E-state index contributed by atoms with van der Waals surface area (Å²) in [7, 11) is 1.55. The van der Waals surface area contributed by atoms with E-state index < -0.39 is 11.8 Å². The van der Waals surface area contributed by atoms with Crippen LogP contribution >= 0.6 is 47.2 Å². The molecule has 0 atom stereocenters. The average molecular weight is 665 g/mol. The zero-order valence-electron chi connectivity index (χ0n) is 23.5. The SMILES string of the molecule is CCNC(=O)c1ccc(C=CC(=O)NCC(=O)N(C)c2ccc(Cl)c(COc3cccn4c(Cl)c(C)nc34)c2Cl)cc1.Cl. The highest BCUT2D eigenvalue weighted by molar-refractivity contribution is 6.38. The number of nitrogens with one attached hydrogen (secondary N) is 2. The fourth-order valence-corrected chi connectivity index (χ4v) is 4.81. The van der Waals surface area contributed by atoms with Crippen molar-refractivity contribution >= 4 is 82.3 Å². The molecule has 0 aliphatic heterocycles. The normalized spacial score (nSPS) is 10.8. The van der Waals surface area contributed by atoms with E-state index in [0.717, 1.165) is 5.56 Å². The van der Waals surface area contributed by atoms with E-state index in [-0.39, 0.29) is 36.5 Å². The van der Waals surface area contributed by atoms with E-state index in [1.54, 1.807) is 79.2 Å². The van der Waals surface area contributed by atoms with Crippen molar-refractivity contribution in [2.24, 2.45) is 0 Å². The maximum Gasteiger partial charge on any atom is 0.251 e. The zero-order valence-corrected chi connectivity index (χ0v) is 26.6. The van der Waals surface area contributed by atoms with Gasteiger partial charge in [0.15, 0.2) is 11.4 Å². The van der Waals surface area contributed by atoms with Gasteiger partial charge in [0.1, 0.15) is 11.8 Å². The number of aromatic nitrogens is 2. The van der Waals surface area contributed by atoms with E-state index in [9.17, 15) is 14.4 Å². The highest BCUT2D eigenvalue weighted by Crippen LogP contribution is 2.35. The maximum atomic E-state index is 12.9. The Morgan fingerprint density at radius 1 is 1.05 bits per heavy atom. The van der Waals surface area contributed by atoms with Crippen LogP contribution in [0.5, 0.6) is 5.75 Å². The number of nitrogens with zero attached hydrogens (tertiary/aromatic N) is 3. The maximum absolute atomic E-state index is 12.9. The predicted molar refractivity (Wildman–Crippen MR) is 173 cm³/mol. The molecular weight excluding hydrogens is 636 g/mol. The first-order valence-corrected chi connectivity index (χ1v) is 14.1. The van der Waals surface area contributed by atoms with Crippen LogP contribution in [0.3, 0.4) is 0 Å². The Morgan fingerprint density at radius 3 is 2.47 bits per heavy atom. The predicted octanol–water partition coefficient (Wildman–Crippen LogP) is 6.15.